The molecule has 1 aliphatic carbocycles. The predicted molar refractivity (Wildman–Crippen MR) is 98.6 cm³/mol. The van der Waals surface area contributed by atoms with Crippen LogP contribution in [0.25, 0.3) is 5.69 Å². The number of nitrogens with zero attached hydrogens (tertiary/aromatic N) is 3. The lowest BCUT2D eigenvalue weighted by Gasteiger charge is -2.58. The van der Waals surface area contributed by atoms with Gasteiger partial charge in [0, 0.05) is 37.1 Å². The van der Waals surface area contributed by atoms with Crippen molar-refractivity contribution >= 4 is 17.3 Å². The van der Waals surface area contributed by atoms with Gasteiger partial charge in [0.05, 0.1) is 18.0 Å². The molecule has 1 aromatic heterocycles. The monoisotopic (exact) mass is 395 g/mol. The fourth-order valence-corrected chi connectivity index (χ4v) is 4.99. The van der Waals surface area contributed by atoms with Crippen molar-refractivity contribution in [2.75, 3.05) is 18.6 Å². The average molecular weight is 396 g/mol. The van der Waals surface area contributed by atoms with Gasteiger partial charge in [-0.2, -0.15) is 9.78 Å². The first kappa shape index (κ1) is 18.4. The summed E-state index contributed by atoms with van der Waals surface area (Å²) in [5.41, 5.74) is -0.394. The van der Waals surface area contributed by atoms with Gasteiger partial charge in [0.1, 0.15) is 16.5 Å². The summed E-state index contributed by atoms with van der Waals surface area (Å²) in [5.74, 6) is -1.24. The predicted octanol–water partition coefficient (Wildman–Crippen LogP) is 3.41. The molecule has 27 heavy (non-hydrogen) atoms. The van der Waals surface area contributed by atoms with Crippen LogP contribution in [0.15, 0.2) is 29.2 Å². The van der Waals surface area contributed by atoms with Gasteiger partial charge in [0.25, 0.3) is 5.56 Å². The lowest BCUT2D eigenvalue weighted by atomic mass is 9.56. The minimum atomic E-state index is -0.882. The molecular weight excluding hydrogens is 376 g/mol. The van der Waals surface area contributed by atoms with Crippen LogP contribution in [0, 0.1) is 23.0 Å². The quantitative estimate of drug-likeness (QED) is 0.799. The van der Waals surface area contributed by atoms with Gasteiger partial charge in [-0.3, -0.25) is 4.79 Å². The van der Waals surface area contributed by atoms with Crippen molar-refractivity contribution in [3.8, 4) is 5.69 Å². The Morgan fingerprint density at radius 1 is 1.37 bits per heavy atom. The second kappa shape index (κ2) is 6.27. The number of ether oxygens (including phenoxy) is 1. The lowest BCUT2D eigenvalue weighted by Crippen LogP contribution is -2.66. The molecule has 0 N–H and O–H groups in total. The number of fused-ring (bicyclic) bond motifs is 1. The Morgan fingerprint density at radius 3 is 2.81 bits per heavy atom. The van der Waals surface area contributed by atoms with Crippen LogP contribution in [-0.2, 0) is 4.74 Å². The van der Waals surface area contributed by atoms with Gasteiger partial charge < -0.3 is 9.64 Å². The Bertz CT molecular complexity index is 962. The van der Waals surface area contributed by atoms with Crippen LogP contribution in [-0.4, -0.2) is 35.6 Å². The number of hydrogen-bond donors (Lipinski definition) is 0. The van der Waals surface area contributed by atoms with E-state index in [-0.39, 0.29) is 28.3 Å². The summed E-state index contributed by atoms with van der Waals surface area (Å²) in [6, 6.07) is 3.09. The van der Waals surface area contributed by atoms with Crippen molar-refractivity contribution in [3.05, 3.63) is 51.4 Å². The van der Waals surface area contributed by atoms with Crippen LogP contribution in [0.4, 0.5) is 14.5 Å². The summed E-state index contributed by atoms with van der Waals surface area (Å²) in [4.78, 5) is 14.7. The minimum absolute atomic E-state index is 0.0469. The Balaban J connectivity index is 1.71. The van der Waals surface area contributed by atoms with Crippen molar-refractivity contribution < 1.29 is 13.5 Å². The molecule has 1 aromatic carbocycles. The van der Waals surface area contributed by atoms with E-state index in [1.807, 2.05) is 11.9 Å². The third-order valence-corrected chi connectivity index (χ3v) is 6.23. The standard InChI is InChI=1S/C19H20ClF2N3O2/c1-19(2)16(11-6-7-27-17(11)19)24(3)14-9-23-25(18(26)15(14)20)13-5-4-10(21)8-12(13)22/h4-5,8-9,11,16-17H,6-7H2,1-3H3/t11-,16+,17+/m0/s1. The number of aromatic nitrogens is 2. The molecule has 5 nitrogen and oxygen atoms in total. The molecule has 2 fully saturated rings. The van der Waals surface area contributed by atoms with Crippen molar-refractivity contribution in [2.45, 2.75) is 32.4 Å². The highest BCUT2D eigenvalue weighted by atomic mass is 35.5. The van der Waals surface area contributed by atoms with E-state index < -0.39 is 17.2 Å². The molecular formula is C19H20ClF2N3O2. The summed E-state index contributed by atoms with van der Waals surface area (Å²) in [7, 11) is 1.88. The van der Waals surface area contributed by atoms with E-state index in [9.17, 15) is 13.6 Å². The van der Waals surface area contributed by atoms with Crippen LogP contribution in [0.5, 0.6) is 0 Å². The van der Waals surface area contributed by atoms with Crippen LogP contribution in [0.2, 0.25) is 5.02 Å². The van der Waals surface area contributed by atoms with Crippen molar-refractivity contribution in [1.29, 1.82) is 0 Å². The number of hydrogen-bond acceptors (Lipinski definition) is 4. The molecule has 8 heteroatoms. The molecule has 0 unspecified atom stereocenters. The summed E-state index contributed by atoms with van der Waals surface area (Å²) in [6.45, 7) is 5.01. The molecule has 4 rings (SSSR count). The van der Waals surface area contributed by atoms with Gasteiger partial charge in [0.15, 0.2) is 5.82 Å². The topological polar surface area (TPSA) is 47.4 Å². The zero-order chi connectivity index (χ0) is 19.5. The average Bonchev–Trinajstić information content (AvgIpc) is 3.04. The molecule has 3 atom stereocenters. The van der Waals surface area contributed by atoms with Gasteiger partial charge in [-0.15, -0.1) is 0 Å². The maximum absolute atomic E-state index is 14.0. The summed E-state index contributed by atoms with van der Waals surface area (Å²) in [5, 5.41) is 4.03. The fourth-order valence-electron chi connectivity index (χ4n) is 4.73. The molecule has 0 radical (unpaired) electrons. The first-order valence-electron chi connectivity index (χ1n) is 8.81. The molecule has 2 heterocycles. The van der Waals surface area contributed by atoms with Crippen molar-refractivity contribution in [3.63, 3.8) is 0 Å². The van der Waals surface area contributed by atoms with E-state index in [4.69, 9.17) is 16.3 Å². The van der Waals surface area contributed by atoms with Crippen LogP contribution < -0.4 is 10.5 Å². The normalized spacial score (nSPS) is 25.8. The Kier molecular flexibility index (Phi) is 4.27. The maximum Gasteiger partial charge on any atom is 0.292 e. The van der Waals surface area contributed by atoms with E-state index in [2.05, 4.69) is 18.9 Å². The van der Waals surface area contributed by atoms with E-state index in [1.54, 1.807) is 0 Å². The highest BCUT2D eigenvalue weighted by Crippen LogP contribution is 2.55. The second-order valence-electron chi connectivity index (χ2n) is 7.78. The molecule has 1 aliphatic heterocycles. The van der Waals surface area contributed by atoms with Gasteiger partial charge in [-0.05, 0) is 18.6 Å². The fraction of sp³-hybridized carbons (Fsp3) is 0.474. The zero-order valence-corrected chi connectivity index (χ0v) is 16.0. The second-order valence-corrected chi connectivity index (χ2v) is 8.16. The SMILES string of the molecule is CN(c1cnn(-c2ccc(F)cc2F)c(=O)c1Cl)[C@@H]1[C@@H]2CCO[C@H]2C1(C)C. The summed E-state index contributed by atoms with van der Waals surface area (Å²) < 4.78 is 33.8. The third-order valence-electron chi connectivity index (χ3n) is 5.87. The molecule has 0 spiro atoms. The van der Waals surface area contributed by atoms with Crippen molar-refractivity contribution in [2.24, 2.45) is 11.3 Å². The molecule has 1 saturated heterocycles. The first-order valence-corrected chi connectivity index (χ1v) is 9.19. The largest absolute Gasteiger partial charge is 0.377 e. The number of rotatable bonds is 3. The Hall–Kier alpha value is -1.99. The third kappa shape index (κ3) is 2.67. The molecule has 1 saturated carbocycles. The van der Waals surface area contributed by atoms with E-state index in [1.165, 1.54) is 6.20 Å². The maximum atomic E-state index is 14.0. The molecule has 144 valence electrons. The Labute approximate surface area is 160 Å². The summed E-state index contributed by atoms with van der Waals surface area (Å²) >= 11 is 6.35. The van der Waals surface area contributed by atoms with E-state index >= 15 is 0 Å². The van der Waals surface area contributed by atoms with Gasteiger partial charge >= 0.3 is 0 Å². The number of halogens is 3. The Morgan fingerprint density at radius 2 is 2.11 bits per heavy atom. The van der Waals surface area contributed by atoms with Crippen LogP contribution >= 0.6 is 11.6 Å². The first-order chi connectivity index (χ1) is 12.7. The van der Waals surface area contributed by atoms with Gasteiger partial charge in [-0.1, -0.05) is 25.4 Å². The molecule has 2 aromatic rings. The van der Waals surface area contributed by atoms with E-state index in [0.29, 0.717) is 17.7 Å². The van der Waals surface area contributed by atoms with Gasteiger partial charge in [0.2, 0.25) is 0 Å². The van der Waals surface area contributed by atoms with Crippen molar-refractivity contribution in [1.82, 2.24) is 9.78 Å². The smallest absolute Gasteiger partial charge is 0.292 e. The van der Waals surface area contributed by atoms with Gasteiger partial charge in [-0.25, -0.2) is 8.78 Å². The lowest BCUT2D eigenvalue weighted by molar-refractivity contribution is -0.101. The highest BCUT2D eigenvalue weighted by molar-refractivity contribution is 6.33. The zero-order valence-electron chi connectivity index (χ0n) is 15.2. The van der Waals surface area contributed by atoms with Crippen LogP contribution in [0.1, 0.15) is 20.3 Å². The van der Waals surface area contributed by atoms with Crippen LogP contribution in [0.3, 0.4) is 0 Å². The van der Waals surface area contributed by atoms with E-state index in [0.717, 1.165) is 29.8 Å². The number of benzene rings is 1. The minimum Gasteiger partial charge on any atom is -0.377 e. The molecule has 0 bridgehead atoms. The highest BCUT2D eigenvalue weighted by Gasteiger charge is 2.61. The molecule has 2 aliphatic rings. The summed E-state index contributed by atoms with van der Waals surface area (Å²) in [6.07, 6.45) is 2.61. The number of anilines is 1. The molecule has 0 amide bonds.